The third-order valence-electron chi connectivity index (χ3n) is 5.99. The Morgan fingerprint density at radius 3 is 2.03 bits per heavy atom. The van der Waals surface area contributed by atoms with Crippen molar-refractivity contribution in [3.05, 3.63) is 0 Å². The van der Waals surface area contributed by atoms with Crippen LogP contribution in [0.2, 0.25) is 0 Å². The van der Waals surface area contributed by atoms with Crippen LogP contribution in [0.25, 0.3) is 0 Å². The van der Waals surface area contributed by atoms with E-state index in [0.717, 1.165) is 12.8 Å². The molecule has 0 spiro atoms. The SMILES string of the molecule is CCCC(C)C1(CC)C(=O)NC(=O)NC1=O.OC[C@@H](O)[C@H]1O[C@@H]2O[C@H](C(Cl)(Cl)Cl)O[C@@H]2[C@H]1O.[H-].[H-].[Na+].[Na+]. The second kappa shape index (κ2) is 15.1. The van der Waals surface area contributed by atoms with Gasteiger partial charge in [0, 0.05) is 0 Å². The van der Waals surface area contributed by atoms with E-state index in [2.05, 4.69) is 10.6 Å². The summed E-state index contributed by atoms with van der Waals surface area (Å²) in [6, 6.07) is -0.720. The number of alkyl halides is 3. The molecule has 35 heavy (non-hydrogen) atoms. The van der Waals surface area contributed by atoms with E-state index in [1.807, 2.05) is 13.8 Å². The first kappa shape index (κ1) is 36.2. The number of carbonyl (C=O) groups excluding carboxylic acids is 3. The van der Waals surface area contributed by atoms with Crippen LogP contribution in [0.5, 0.6) is 0 Å². The first-order valence-electron chi connectivity index (χ1n) is 10.5. The molecular formula is C19H31Cl3N2Na2O9. The van der Waals surface area contributed by atoms with E-state index < -0.39 is 70.7 Å². The number of rotatable bonds is 6. The summed E-state index contributed by atoms with van der Waals surface area (Å²) >= 11 is 16.7. The summed E-state index contributed by atoms with van der Waals surface area (Å²) in [7, 11) is 0. The summed E-state index contributed by atoms with van der Waals surface area (Å²) < 4.78 is 13.8. The van der Waals surface area contributed by atoms with Crippen molar-refractivity contribution >= 4 is 52.6 Å². The number of hydrogen-bond donors (Lipinski definition) is 5. The molecule has 16 heteroatoms. The zero-order chi connectivity index (χ0) is 25.1. The van der Waals surface area contributed by atoms with Crippen molar-refractivity contribution in [3.8, 4) is 0 Å². The maximum Gasteiger partial charge on any atom is 1.00 e. The minimum absolute atomic E-state index is 0. The second-order valence-electron chi connectivity index (χ2n) is 8.07. The number of barbiturate groups is 1. The van der Waals surface area contributed by atoms with Gasteiger partial charge in [0.25, 0.3) is 0 Å². The molecule has 5 N–H and O–H groups in total. The fourth-order valence-electron chi connectivity index (χ4n) is 4.15. The van der Waals surface area contributed by atoms with E-state index in [9.17, 15) is 24.6 Å². The summed E-state index contributed by atoms with van der Waals surface area (Å²) in [5.74, 6) is -1.01. The van der Waals surface area contributed by atoms with Crippen molar-refractivity contribution in [3.63, 3.8) is 0 Å². The van der Waals surface area contributed by atoms with E-state index in [4.69, 9.17) is 54.1 Å². The second-order valence-corrected chi connectivity index (χ2v) is 10.4. The van der Waals surface area contributed by atoms with Gasteiger partial charge in [-0.1, -0.05) is 62.0 Å². The fraction of sp³-hybridized carbons (Fsp3) is 0.842. The van der Waals surface area contributed by atoms with Crippen molar-refractivity contribution in [2.24, 2.45) is 11.3 Å². The van der Waals surface area contributed by atoms with Gasteiger partial charge in [0.05, 0.1) is 6.61 Å². The fourth-order valence-corrected chi connectivity index (χ4v) is 4.46. The van der Waals surface area contributed by atoms with Crippen LogP contribution < -0.4 is 69.7 Å². The Hall–Kier alpha value is 1.24. The maximum atomic E-state index is 11.9. The van der Waals surface area contributed by atoms with Gasteiger partial charge in [-0.2, -0.15) is 0 Å². The van der Waals surface area contributed by atoms with E-state index in [1.54, 1.807) is 6.92 Å². The van der Waals surface area contributed by atoms with Crippen LogP contribution in [0.4, 0.5) is 4.79 Å². The van der Waals surface area contributed by atoms with Crippen LogP contribution in [0.15, 0.2) is 0 Å². The minimum atomic E-state index is -1.79. The van der Waals surface area contributed by atoms with Gasteiger partial charge in [-0.25, -0.2) is 4.79 Å². The van der Waals surface area contributed by atoms with Crippen LogP contribution in [0, 0.1) is 11.3 Å². The Morgan fingerprint density at radius 1 is 1.09 bits per heavy atom. The molecule has 1 unspecified atom stereocenters. The van der Waals surface area contributed by atoms with Crippen molar-refractivity contribution in [1.29, 1.82) is 0 Å². The number of aliphatic hydroxyl groups is 3. The van der Waals surface area contributed by atoms with Crippen molar-refractivity contribution in [2.75, 3.05) is 6.61 Å². The number of urea groups is 1. The predicted molar refractivity (Wildman–Crippen MR) is 118 cm³/mol. The van der Waals surface area contributed by atoms with Crippen LogP contribution in [0.3, 0.4) is 0 Å². The molecule has 0 aromatic carbocycles. The average molecular weight is 584 g/mol. The molecule has 3 aliphatic rings. The molecule has 11 nitrogen and oxygen atoms in total. The Balaban J connectivity index is -0.000000565. The Labute approximate surface area is 265 Å². The number of nitrogens with one attached hydrogen (secondary N) is 2. The van der Waals surface area contributed by atoms with E-state index in [1.165, 1.54) is 0 Å². The normalized spacial score (nSPS) is 31.0. The molecule has 0 aromatic heterocycles. The molecule has 7 atom stereocenters. The van der Waals surface area contributed by atoms with Crippen LogP contribution >= 0.6 is 34.8 Å². The summed E-state index contributed by atoms with van der Waals surface area (Å²) in [6.07, 6.45) is -4.25. The Kier molecular flexibility index (Phi) is 15.7. The molecule has 0 saturated carbocycles. The van der Waals surface area contributed by atoms with Crippen molar-refractivity contribution < 1.29 is 106 Å². The van der Waals surface area contributed by atoms with E-state index in [-0.39, 0.29) is 67.9 Å². The average Bonchev–Trinajstić information content (AvgIpc) is 3.28. The number of amides is 4. The zero-order valence-electron chi connectivity index (χ0n) is 22.3. The van der Waals surface area contributed by atoms with Gasteiger partial charge in [0.1, 0.15) is 29.8 Å². The maximum absolute atomic E-state index is 11.9. The van der Waals surface area contributed by atoms with Crippen LogP contribution in [0.1, 0.15) is 42.9 Å². The smallest absolute Gasteiger partial charge is 1.00 e. The largest absolute Gasteiger partial charge is 1.00 e. The molecule has 3 saturated heterocycles. The Bertz CT molecular complexity index is 738. The van der Waals surface area contributed by atoms with Gasteiger partial charge in [-0.3, -0.25) is 20.2 Å². The first-order valence-corrected chi connectivity index (χ1v) is 11.6. The third kappa shape index (κ3) is 8.12. The van der Waals surface area contributed by atoms with Crippen LogP contribution in [-0.4, -0.2) is 80.6 Å². The molecular weight excluding hydrogens is 553 g/mol. The van der Waals surface area contributed by atoms with Gasteiger partial charge in [-0.15, -0.1) is 0 Å². The van der Waals surface area contributed by atoms with Crippen molar-refractivity contribution in [2.45, 2.75) is 80.8 Å². The number of halogens is 3. The van der Waals surface area contributed by atoms with Gasteiger partial charge >= 0.3 is 65.1 Å². The minimum Gasteiger partial charge on any atom is -1.00 e. The van der Waals surface area contributed by atoms with Gasteiger partial charge < -0.3 is 32.4 Å². The molecule has 0 radical (unpaired) electrons. The molecule has 0 bridgehead atoms. The molecule has 3 heterocycles. The molecule has 3 aliphatic heterocycles. The summed E-state index contributed by atoms with van der Waals surface area (Å²) in [6.45, 7) is 5.13. The summed E-state index contributed by atoms with van der Waals surface area (Å²) in [4.78, 5) is 34.8. The van der Waals surface area contributed by atoms with Crippen molar-refractivity contribution in [1.82, 2.24) is 10.6 Å². The van der Waals surface area contributed by atoms with Gasteiger partial charge in [0.2, 0.25) is 21.9 Å². The number of fused-ring (bicyclic) bond motifs is 1. The Morgan fingerprint density at radius 2 is 1.63 bits per heavy atom. The topological polar surface area (TPSA) is 164 Å². The number of ether oxygens (including phenoxy) is 3. The molecule has 3 fully saturated rings. The zero-order valence-corrected chi connectivity index (χ0v) is 26.6. The molecule has 0 aromatic rings. The van der Waals surface area contributed by atoms with E-state index >= 15 is 0 Å². The first-order chi connectivity index (χ1) is 15.3. The standard InChI is InChI=1S/C11H18N2O3.C8H11Cl3O6.2Na.2H/c1-4-6-7(3)11(5-2)8(14)12-10(16)13-9(11)15;9-8(10,11)7-16-5-3(14)4(2(13)1-12)15-6(5)17-7;;;;/h7H,4-6H2,1-3H3,(H2,12,13,14,15,16);2-7,12-14H,1H2;;;;/q;;2*+1;2*-1/t;2-,3+,4-,5-,6-,7-;;;;/m.1..../s1. The van der Waals surface area contributed by atoms with E-state index in [0.29, 0.717) is 6.42 Å². The number of carbonyl (C=O) groups is 3. The monoisotopic (exact) mass is 582 g/mol. The number of imide groups is 2. The van der Waals surface area contributed by atoms with Gasteiger partial charge in [0.15, 0.2) is 6.29 Å². The number of aliphatic hydroxyl groups excluding tert-OH is 3. The molecule has 0 aliphatic carbocycles. The summed E-state index contributed by atoms with van der Waals surface area (Å²) in [5.41, 5.74) is -1.09. The number of hydrogen-bond acceptors (Lipinski definition) is 9. The predicted octanol–water partition coefficient (Wildman–Crippen LogP) is -5.04. The molecule has 194 valence electrons. The van der Waals surface area contributed by atoms with Crippen LogP contribution in [-0.2, 0) is 23.8 Å². The third-order valence-corrected chi connectivity index (χ3v) is 6.52. The molecule has 3 rings (SSSR count). The van der Waals surface area contributed by atoms with Gasteiger partial charge in [-0.05, 0) is 18.8 Å². The summed E-state index contributed by atoms with van der Waals surface area (Å²) in [5, 5.41) is 32.3. The molecule has 4 amide bonds. The quantitative estimate of drug-likeness (QED) is 0.117.